The fraction of sp³-hybridized carbons (Fsp3) is 0.792. The van der Waals surface area contributed by atoms with Crippen molar-refractivity contribution in [3.05, 3.63) is 0 Å². The van der Waals surface area contributed by atoms with Gasteiger partial charge in [-0.2, -0.15) is 0 Å². The van der Waals surface area contributed by atoms with Gasteiger partial charge >= 0.3 is 23.9 Å². The normalized spacial score (nSPS) is 12.4. The van der Waals surface area contributed by atoms with Crippen LogP contribution in [0, 0.1) is 5.92 Å². The van der Waals surface area contributed by atoms with Gasteiger partial charge < -0.3 is 55.3 Å². The molecule has 0 aromatic heterocycles. The van der Waals surface area contributed by atoms with Crippen molar-refractivity contribution < 1.29 is 87.3 Å². The molecule has 0 aliphatic rings. The highest BCUT2D eigenvalue weighted by atomic mass is 16.5. The molecule has 396 valence electrons. The highest BCUT2D eigenvalue weighted by Crippen LogP contribution is 2.17. The number of ketones is 3. The Morgan fingerprint density at radius 3 is 1.35 bits per heavy atom. The first kappa shape index (κ1) is 64.1. The summed E-state index contributed by atoms with van der Waals surface area (Å²) in [6.45, 7) is 2.89. The molecule has 3 amide bonds. The molecule has 0 aliphatic heterocycles. The van der Waals surface area contributed by atoms with E-state index >= 15 is 0 Å². The maximum atomic E-state index is 12.7. The zero-order valence-electron chi connectivity index (χ0n) is 40.8. The second-order valence-corrected chi connectivity index (χ2v) is 17.2. The molecule has 0 unspecified atom stereocenters. The molecule has 3 atom stereocenters. The minimum atomic E-state index is -1.41. The third-order valence-electron chi connectivity index (χ3n) is 10.9. The third kappa shape index (κ3) is 41.8. The van der Waals surface area contributed by atoms with Crippen LogP contribution in [0.15, 0.2) is 0 Å². The molecule has 69 heavy (non-hydrogen) atoms. The minimum absolute atomic E-state index is 0.0272. The standard InChI is InChI=1S/C48H81N3O18/c1-36(52)34-68-31-30-67-28-26-49-44(57)35-69-32-29-66-27-16-17-38(53)21-23-40(47(62)63)51-43(56)25-20-37(46(60)61)33-39(54)22-24-41(48(64)65)50-42(55)18-14-12-10-8-6-4-2-3-5-7-9-11-13-15-19-45(58)59/h37,40-41H,2-35H2,1H3,(H,49,57)(H,50,55)(H,51,56)(H,58,59)(H,60,61)(H,62,63)(H,64,65)/t37-,40+,41+/m1/s1. The number of Topliss-reactive ketones (excluding diaryl/α,β-unsaturated/α-hetero) is 3. The molecule has 0 saturated heterocycles. The van der Waals surface area contributed by atoms with Crippen LogP contribution in [-0.2, 0) is 66.9 Å². The zero-order chi connectivity index (χ0) is 51.5. The molecular formula is C48H81N3O18. The van der Waals surface area contributed by atoms with Gasteiger partial charge in [0.1, 0.15) is 36.9 Å². The number of carboxylic acids is 4. The molecule has 0 radical (unpaired) electrons. The second kappa shape index (κ2) is 43.2. The van der Waals surface area contributed by atoms with E-state index in [1.54, 1.807) is 0 Å². The van der Waals surface area contributed by atoms with Crippen molar-refractivity contribution in [2.24, 2.45) is 5.92 Å². The number of unbranched alkanes of at least 4 members (excludes halogenated alkanes) is 13. The summed E-state index contributed by atoms with van der Waals surface area (Å²) in [6.07, 6.45) is 13.0. The number of ether oxygens (including phenoxy) is 4. The summed E-state index contributed by atoms with van der Waals surface area (Å²) in [5, 5.41) is 44.9. The van der Waals surface area contributed by atoms with Crippen LogP contribution in [0.4, 0.5) is 0 Å². The van der Waals surface area contributed by atoms with E-state index in [1.807, 2.05) is 0 Å². The summed E-state index contributed by atoms with van der Waals surface area (Å²) >= 11 is 0. The average molecular weight is 988 g/mol. The highest BCUT2D eigenvalue weighted by Gasteiger charge is 2.27. The van der Waals surface area contributed by atoms with E-state index in [9.17, 15) is 63.3 Å². The Labute approximate surface area is 406 Å². The van der Waals surface area contributed by atoms with E-state index in [4.69, 9.17) is 24.1 Å². The largest absolute Gasteiger partial charge is 0.481 e. The number of rotatable bonds is 50. The van der Waals surface area contributed by atoms with E-state index in [0.29, 0.717) is 12.8 Å². The lowest BCUT2D eigenvalue weighted by Gasteiger charge is -2.17. The molecule has 0 aliphatic carbocycles. The topological polar surface area (TPSA) is 325 Å². The first-order chi connectivity index (χ1) is 33.0. The summed E-state index contributed by atoms with van der Waals surface area (Å²) in [7, 11) is 0. The Kier molecular flexibility index (Phi) is 40.1. The fourth-order valence-electron chi connectivity index (χ4n) is 6.97. The molecule has 0 aromatic rings. The molecule has 7 N–H and O–H groups in total. The van der Waals surface area contributed by atoms with E-state index in [1.165, 1.54) is 32.6 Å². The van der Waals surface area contributed by atoms with Crippen molar-refractivity contribution in [3.8, 4) is 0 Å². The summed E-state index contributed by atoms with van der Waals surface area (Å²) in [4.78, 5) is 119. The van der Waals surface area contributed by atoms with Crippen LogP contribution in [0.2, 0.25) is 0 Å². The predicted molar refractivity (Wildman–Crippen MR) is 250 cm³/mol. The van der Waals surface area contributed by atoms with Crippen molar-refractivity contribution >= 4 is 58.9 Å². The first-order valence-corrected chi connectivity index (χ1v) is 24.6. The number of hydrogen-bond acceptors (Lipinski definition) is 14. The number of hydrogen-bond donors (Lipinski definition) is 7. The van der Waals surface area contributed by atoms with Crippen molar-refractivity contribution in [3.63, 3.8) is 0 Å². The number of carbonyl (C=O) groups excluding carboxylic acids is 6. The second-order valence-electron chi connectivity index (χ2n) is 17.2. The van der Waals surface area contributed by atoms with Gasteiger partial charge in [0.25, 0.3) is 0 Å². The fourth-order valence-corrected chi connectivity index (χ4v) is 6.97. The lowest BCUT2D eigenvalue weighted by Crippen LogP contribution is -2.41. The van der Waals surface area contributed by atoms with Gasteiger partial charge in [-0.05, 0) is 45.4 Å². The van der Waals surface area contributed by atoms with Crippen LogP contribution in [0.5, 0.6) is 0 Å². The van der Waals surface area contributed by atoms with Crippen LogP contribution in [0.25, 0.3) is 0 Å². The summed E-state index contributed by atoms with van der Waals surface area (Å²) < 4.78 is 21.0. The van der Waals surface area contributed by atoms with Gasteiger partial charge in [-0.15, -0.1) is 0 Å². The molecule has 0 aromatic carbocycles. The molecule has 0 rings (SSSR count). The molecule has 21 heteroatoms. The third-order valence-corrected chi connectivity index (χ3v) is 10.9. The smallest absolute Gasteiger partial charge is 0.326 e. The van der Waals surface area contributed by atoms with E-state index in [-0.39, 0.29) is 128 Å². The van der Waals surface area contributed by atoms with Crippen LogP contribution < -0.4 is 16.0 Å². The zero-order valence-corrected chi connectivity index (χ0v) is 40.8. The number of carbonyl (C=O) groups is 10. The number of carboxylic acid groups (broad SMARTS) is 4. The van der Waals surface area contributed by atoms with Gasteiger partial charge in [0.15, 0.2) is 5.78 Å². The van der Waals surface area contributed by atoms with Crippen LogP contribution in [-0.4, -0.2) is 151 Å². The van der Waals surface area contributed by atoms with Gasteiger partial charge in [-0.3, -0.25) is 38.4 Å². The Morgan fingerprint density at radius 2 is 0.855 bits per heavy atom. The van der Waals surface area contributed by atoms with Crippen LogP contribution >= 0.6 is 0 Å². The lowest BCUT2D eigenvalue weighted by molar-refractivity contribution is -0.145. The molecule has 0 bridgehead atoms. The molecule has 0 fully saturated rings. The highest BCUT2D eigenvalue weighted by molar-refractivity contribution is 5.87. The average Bonchev–Trinajstić information content (AvgIpc) is 3.28. The monoisotopic (exact) mass is 988 g/mol. The minimum Gasteiger partial charge on any atom is -0.481 e. The van der Waals surface area contributed by atoms with E-state index in [2.05, 4.69) is 16.0 Å². The SMILES string of the molecule is CC(=O)COCCOCCNC(=O)COCCOCCCC(=O)CC[C@H](NC(=O)CC[C@H](CC(=O)CC[C@H](NC(=O)CCCCCCCCCCCCCCCCC(=O)O)C(=O)O)C(=O)O)C(=O)O. The van der Waals surface area contributed by atoms with Crippen molar-refractivity contribution in [2.45, 2.75) is 180 Å². The van der Waals surface area contributed by atoms with Gasteiger partial charge in [-0.25, -0.2) is 9.59 Å². The number of amides is 3. The Morgan fingerprint density at radius 1 is 0.406 bits per heavy atom. The van der Waals surface area contributed by atoms with Gasteiger partial charge in [0, 0.05) is 58.1 Å². The lowest BCUT2D eigenvalue weighted by atomic mass is 9.94. The predicted octanol–water partition coefficient (Wildman–Crippen LogP) is 4.57. The maximum absolute atomic E-state index is 12.7. The molecule has 21 nitrogen and oxygen atoms in total. The number of nitrogens with one attached hydrogen (secondary N) is 3. The van der Waals surface area contributed by atoms with Gasteiger partial charge in [-0.1, -0.05) is 77.0 Å². The molecular weight excluding hydrogens is 907 g/mol. The van der Waals surface area contributed by atoms with Crippen LogP contribution in [0.3, 0.4) is 0 Å². The Hall–Kier alpha value is -4.86. The quantitative estimate of drug-likeness (QED) is 0.0410. The molecule has 0 saturated carbocycles. The summed E-state index contributed by atoms with van der Waals surface area (Å²) in [5.74, 6) is -8.60. The number of aliphatic carboxylic acids is 4. The van der Waals surface area contributed by atoms with Crippen molar-refractivity contribution in [1.82, 2.24) is 16.0 Å². The maximum Gasteiger partial charge on any atom is 0.326 e. The van der Waals surface area contributed by atoms with Crippen molar-refractivity contribution in [1.29, 1.82) is 0 Å². The Bertz CT molecular complexity index is 1530. The van der Waals surface area contributed by atoms with Crippen LogP contribution in [0.1, 0.15) is 167 Å². The van der Waals surface area contributed by atoms with E-state index < -0.39 is 72.3 Å². The first-order valence-electron chi connectivity index (χ1n) is 24.6. The van der Waals surface area contributed by atoms with Crippen molar-refractivity contribution in [2.75, 3.05) is 59.4 Å². The Balaban J connectivity index is 4.24. The molecule has 0 heterocycles. The molecule has 0 spiro atoms. The van der Waals surface area contributed by atoms with E-state index in [0.717, 1.165) is 57.8 Å². The van der Waals surface area contributed by atoms with Gasteiger partial charge in [0.2, 0.25) is 17.7 Å². The summed E-state index contributed by atoms with van der Waals surface area (Å²) in [6, 6.07) is -2.75. The summed E-state index contributed by atoms with van der Waals surface area (Å²) in [5.41, 5.74) is 0. The van der Waals surface area contributed by atoms with Gasteiger partial charge in [0.05, 0.1) is 39.0 Å².